The number of aromatic nitrogens is 2. The van der Waals surface area contributed by atoms with E-state index in [0.717, 1.165) is 5.69 Å². The van der Waals surface area contributed by atoms with Crippen molar-refractivity contribution in [2.45, 2.75) is 13.5 Å². The van der Waals surface area contributed by atoms with E-state index in [-0.39, 0.29) is 6.54 Å². The highest BCUT2D eigenvalue weighted by molar-refractivity contribution is 5.34. The first-order valence-corrected chi connectivity index (χ1v) is 2.90. The molecule has 0 aliphatic heterocycles. The fourth-order valence-corrected chi connectivity index (χ4v) is 0.695. The van der Waals surface area contributed by atoms with Gasteiger partial charge in [0.25, 0.3) is 0 Å². The summed E-state index contributed by atoms with van der Waals surface area (Å²) in [6.07, 6.45) is 1.56. The second-order valence-corrected chi connectivity index (χ2v) is 2.00. The van der Waals surface area contributed by atoms with Gasteiger partial charge in [0, 0.05) is 0 Å². The van der Waals surface area contributed by atoms with Crippen LogP contribution in [0.3, 0.4) is 0 Å². The Morgan fingerprint density at radius 3 is 3.00 bits per heavy atom. The predicted octanol–water partition coefficient (Wildman–Crippen LogP) is 0.297. The Morgan fingerprint density at radius 2 is 2.60 bits per heavy atom. The summed E-state index contributed by atoms with van der Waals surface area (Å²) in [5, 5.41) is 8.30. The van der Waals surface area contributed by atoms with Crippen molar-refractivity contribution in [1.82, 2.24) is 9.55 Å². The van der Waals surface area contributed by atoms with E-state index >= 15 is 0 Å². The molecule has 1 rings (SSSR count). The van der Waals surface area contributed by atoms with Crippen molar-refractivity contribution in [2.75, 3.05) is 5.73 Å². The van der Waals surface area contributed by atoms with Gasteiger partial charge in [-0.3, -0.25) is 0 Å². The van der Waals surface area contributed by atoms with Crippen LogP contribution in [0.1, 0.15) is 5.69 Å². The first kappa shape index (κ1) is 6.62. The molecule has 0 fully saturated rings. The van der Waals surface area contributed by atoms with E-state index in [1.54, 1.807) is 10.9 Å². The highest BCUT2D eigenvalue weighted by Gasteiger charge is 1.99. The number of hydrogen-bond acceptors (Lipinski definition) is 3. The van der Waals surface area contributed by atoms with Crippen LogP contribution >= 0.6 is 0 Å². The molecule has 0 aliphatic rings. The van der Waals surface area contributed by atoms with E-state index in [4.69, 9.17) is 11.0 Å². The number of imidazole rings is 1. The van der Waals surface area contributed by atoms with Crippen LogP contribution in [0.4, 0.5) is 5.82 Å². The molecule has 0 saturated heterocycles. The molecule has 0 saturated carbocycles. The lowest BCUT2D eigenvalue weighted by Crippen LogP contribution is -2.00. The minimum atomic E-state index is 0.271. The van der Waals surface area contributed by atoms with Crippen molar-refractivity contribution in [3.63, 3.8) is 0 Å². The largest absolute Gasteiger partial charge is 0.384 e. The molecule has 1 aromatic heterocycles. The number of rotatable bonds is 1. The number of anilines is 1. The molecule has 0 unspecified atom stereocenters. The maximum absolute atomic E-state index is 8.30. The fraction of sp³-hybridized carbons (Fsp3) is 0.333. The fourth-order valence-electron chi connectivity index (χ4n) is 0.695. The molecule has 0 aromatic carbocycles. The molecule has 2 N–H and O–H groups in total. The molecular weight excluding hydrogens is 128 g/mol. The van der Waals surface area contributed by atoms with Crippen molar-refractivity contribution >= 4 is 5.82 Å². The molecule has 10 heavy (non-hydrogen) atoms. The smallest absolute Gasteiger partial charge is 0.127 e. The summed E-state index contributed by atoms with van der Waals surface area (Å²) in [5.74, 6) is 0.571. The van der Waals surface area contributed by atoms with Gasteiger partial charge in [-0.25, -0.2) is 4.98 Å². The summed E-state index contributed by atoms with van der Waals surface area (Å²) in [6.45, 7) is 2.08. The van der Waals surface area contributed by atoms with Crippen molar-refractivity contribution in [2.24, 2.45) is 0 Å². The second-order valence-electron chi connectivity index (χ2n) is 2.00. The summed E-state index contributed by atoms with van der Waals surface area (Å²) in [5.41, 5.74) is 6.31. The number of nitriles is 1. The third-order valence-electron chi connectivity index (χ3n) is 1.31. The average molecular weight is 136 g/mol. The molecule has 4 nitrogen and oxygen atoms in total. The summed E-state index contributed by atoms with van der Waals surface area (Å²) >= 11 is 0. The third-order valence-corrected chi connectivity index (χ3v) is 1.31. The number of hydrogen-bond donors (Lipinski definition) is 1. The molecular formula is C6H8N4. The van der Waals surface area contributed by atoms with Crippen LogP contribution < -0.4 is 5.73 Å². The van der Waals surface area contributed by atoms with Gasteiger partial charge in [0.2, 0.25) is 0 Å². The highest BCUT2D eigenvalue weighted by Crippen LogP contribution is 2.06. The molecule has 0 bridgehead atoms. The van der Waals surface area contributed by atoms with E-state index in [0.29, 0.717) is 5.82 Å². The van der Waals surface area contributed by atoms with E-state index in [2.05, 4.69) is 4.98 Å². The van der Waals surface area contributed by atoms with Crippen LogP contribution in [0, 0.1) is 18.3 Å². The molecule has 0 aliphatic carbocycles. The zero-order valence-electron chi connectivity index (χ0n) is 5.70. The highest BCUT2D eigenvalue weighted by atomic mass is 15.1. The molecule has 0 amide bonds. The molecule has 0 radical (unpaired) electrons. The lowest BCUT2D eigenvalue weighted by Gasteiger charge is -1.95. The van der Waals surface area contributed by atoms with Crippen molar-refractivity contribution in [3.05, 3.63) is 12.0 Å². The van der Waals surface area contributed by atoms with Gasteiger partial charge in [-0.2, -0.15) is 5.26 Å². The zero-order valence-corrected chi connectivity index (χ0v) is 5.70. The summed E-state index contributed by atoms with van der Waals surface area (Å²) in [4.78, 5) is 3.92. The monoisotopic (exact) mass is 136 g/mol. The Kier molecular flexibility index (Phi) is 1.59. The van der Waals surface area contributed by atoms with Gasteiger partial charge in [0.15, 0.2) is 0 Å². The van der Waals surface area contributed by atoms with Crippen molar-refractivity contribution in [3.8, 4) is 6.07 Å². The number of aryl methyl sites for hydroxylation is 1. The number of nitrogens with zero attached hydrogens (tertiary/aromatic N) is 3. The van der Waals surface area contributed by atoms with Crippen LogP contribution in [0.5, 0.6) is 0 Å². The van der Waals surface area contributed by atoms with Crippen LogP contribution in [0.25, 0.3) is 0 Å². The summed E-state index contributed by atoms with van der Waals surface area (Å²) in [7, 11) is 0. The first-order chi connectivity index (χ1) is 4.75. The maximum atomic E-state index is 8.30. The van der Waals surface area contributed by atoms with Gasteiger partial charge in [-0.05, 0) is 6.92 Å². The average Bonchev–Trinajstić information content (AvgIpc) is 2.20. The molecule has 0 spiro atoms. The normalized spacial score (nSPS) is 9.20. The van der Waals surface area contributed by atoms with Crippen LogP contribution in [-0.4, -0.2) is 9.55 Å². The Morgan fingerprint density at radius 1 is 1.90 bits per heavy atom. The van der Waals surface area contributed by atoms with Crippen LogP contribution in [-0.2, 0) is 6.54 Å². The molecule has 1 aromatic rings. The first-order valence-electron chi connectivity index (χ1n) is 2.90. The van der Waals surface area contributed by atoms with E-state index in [1.807, 2.05) is 13.0 Å². The van der Waals surface area contributed by atoms with Gasteiger partial charge in [-0.1, -0.05) is 0 Å². The minimum absolute atomic E-state index is 0.271. The van der Waals surface area contributed by atoms with Crippen LogP contribution in [0.15, 0.2) is 6.33 Å². The maximum Gasteiger partial charge on any atom is 0.127 e. The summed E-state index contributed by atoms with van der Waals surface area (Å²) in [6, 6.07) is 1.98. The predicted molar refractivity (Wildman–Crippen MR) is 37.0 cm³/mol. The minimum Gasteiger partial charge on any atom is -0.384 e. The van der Waals surface area contributed by atoms with Gasteiger partial charge >= 0.3 is 0 Å². The van der Waals surface area contributed by atoms with Gasteiger partial charge in [-0.15, -0.1) is 0 Å². The van der Waals surface area contributed by atoms with E-state index < -0.39 is 0 Å². The van der Waals surface area contributed by atoms with Crippen molar-refractivity contribution in [1.29, 1.82) is 5.26 Å². The Labute approximate surface area is 58.9 Å². The molecule has 52 valence electrons. The Hall–Kier alpha value is -1.50. The van der Waals surface area contributed by atoms with Gasteiger partial charge in [0.1, 0.15) is 12.4 Å². The lowest BCUT2D eigenvalue weighted by molar-refractivity contribution is 0.841. The quantitative estimate of drug-likeness (QED) is 0.603. The zero-order chi connectivity index (χ0) is 7.56. The van der Waals surface area contributed by atoms with Gasteiger partial charge in [0.05, 0.1) is 18.1 Å². The Bertz CT molecular complexity index is 268. The van der Waals surface area contributed by atoms with E-state index in [1.165, 1.54) is 0 Å². The number of nitrogen functional groups attached to an aromatic ring is 1. The van der Waals surface area contributed by atoms with Crippen molar-refractivity contribution < 1.29 is 0 Å². The SMILES string of the molecule is Cc1ncn(CC#N)c1N. The third kappa shape index (κ3) is 0.935. The van der Waals surface area contributed by atoms with Crippen LogP contribution in [0.2, 0.25) is 0 Å². The summed E-state index contributed by atoms with van der Waals surface area (Å²) < 4.78 is 1.61. The van der Waals surface area contributed by atoms with E-state index in [9.17, 15) is 0 Å². The molecule has 4 heteroatoms. The lowest BCUT2D eigenvalue weighted by atomic mass is 10.5. The Balaban J connectivity index is 2.96. The molecule has 1 heterocycles. The molecule has 0 atom stereocenters. The second kappa shape index (κ2) is 2.40. The van der Waals surface area contributed by atoms with Gasteiger partial charge < -0.3 is 10.3 Å². The standard InChI is InChI=1S/C6H8N4/c1-5-6(8)10(3-2-7)4-9-5/h4H,3,8H2,1H3. The number of nitrogens with two attached hydrogens (primary N) is 1. The topological polar surface area (TPSA) is 67.6 Å².